The van der Waals surface area contributed by atoms with E-state index in [4.69, 9.17) is 0 Å². The standard InChI is InChI=1S/C19H16F2N6O/c20-11-3-4-14-15(8-11)24-16(23-14)5-6-22-19(28)13-7-12(21)9-27-17(10-1-2-10)25-26-18(13)27/h3-4,7-10H,1-2,5-6H2,(H,22,28)(H,23,24). The molecule has 0 unspecified atom stereocenters. The quantitative estimate of drug-likeness (QED) is 0.556. The van der Waals surface area contributed by atoms with Crippen LogP contribution in [-0.4, -0.2) is 37.0 Å². The number of fused-ring (bicyclic) bond motifs is 2. The molecule has 0 atom stereocenters. The van der Waals surface area contributed by atoms with Crippen molar-refractivity contribution in [1.29, 1.82) is 0 Å². The monoisotopic (exact) mass is 382 g/mol. The highest BCUT2D eigenvalue weighted by atomic mass is 19.1. The number of nitrogens with one attached hydrogen (secondary N) is 2. The van der Waals surface area contributed by atoms with Gasteiger partial charge in [0.2, 0.25) is 0 Å². The van der Waals surface area contributed by atoms with Crippen molar-refractivity contribution in [3.8, 4) is 0 Å². The largest absolute Gasteiger partial charge is 0.351 e. The van der Waals surface area contributed by atoms with Crippen molar-refractivity contribution in [2.75, 3.05) is 6.54 Å². The van der Waals surface area contributed by atoms with Gasteiger partial charge in [0.15, 0.2) is 5.65 Å². The van der Waals surface area contributed by atoms with Crippen LogP contribution in [0.5, 0.6) is 0 Å². The minimum absolute atomic E-state index is 0.145. The maximum absolute atomic E-state index is 14.0. The third-order valence-corrected chi connectivity index (χ3v) is 4.83. The Morgan fingerprint density at radius 3 is 2.89 bits per heavy atom. The molecule has 1 fully saturated rings. The van der Waals surface area contributed by atoms with Crippen LogP contribution in [0.3, 0.4) is 0 Å². The lowest BCUT2D eigenvalue weighted by Crippen LogP contribution is -2.26. The molecule has 1 aliphatic carbocycles. The summed E-state index contributed by atoms with van der Waals surface area (Å²) in [7, 11) is 0. The molecule has 1 saturated carbocycles. The molecule has 0 saturated heterocycles. The number of hydrogen-bond acceptors (Lipinski definition) is 4. The lowest BCUT2D eigenvalue weighted by Gasteiger charge is -2.06. The van der Waals surface area contributed by atoms with Crippen molar-refractivity contribution in [3.05, 3.63) is 59.3 Å². The molecule has 2 N–H and O–H groups in total. The first-order valence-electron chi connectivity index (χ1n) is 9.05. The van der Waals surface area contributed by atoms with Gasteiger partial charge in [-0.15, -0.1) is 10.2 Å². The number of aromatic nitrogens is 5. The number of pyridine rings is 1. The Morgan fingerprint density at radius 2 is 2.07 bits per heavy atom. The van der Waals surface area contributed by atoms with E-state index in [1.54, 1.807) is 10.5 Å². The number of imidazole rings is 1. The molecule has 1 amide bonds. The maximum atomic E-state index is 14.0. The van der Waals surface area contributed by atoms with E-state index in [9.17, 15) is 13.6 Å². The molecular formula is C19H16F2N6O. The number of carbonyl (C=O) groups excluding carboxylic acids is 1. The molecule has 1 aromatic carbocycles. The van der Waals surface area contributed by atoms with E-state index in [-0.39, 0.29) is 23.8 Å². The predicted molar refractivity (Wildman–Crippen MR) is 97.0 cm³/mol. The summed E-state index contributed by atoms with van der Waals surface area (Å²) < 4.78 is 28.9. The average molecular weight is 382 g/mol. The van der Waals surface area contributed by atoms with E-state index in [1.165, 1.54) is 24.4 Å². The molecule has 3 heterocycles. The number of rotatable bonds is 5. The Kier molecular flexibility index (Phi) is 3.81. The Bertz CT molecular complexity index is 1210. The first kappa shape index (κ1) is 16.8. The molecular weight excluding hydrogens is 366 g/mol. The van der Waals surface area contributed by atoms with E-state index in [0.29, 0.717) is 34.8 Å². The number of hydrogen-bond donors (Lipinski definition) is 2. The van der Waals surface area contributed by atoms with Gasteiger partial charge in [-0.3, -0.25) is 9.20 Å². The van der Waals surface area contributed by atoms with Crippen LogP contribution >= 0.6 is 0 Å². The highest BCUT2D eigenvalue weighted by molar-refractivity contribution is 5.99. The Hall–Kier alpha value is -3.36. The normalized spacial score (nSPS) is 14.1. The van der Waals surface area contributed by atoms with Gasteiger partial charge in [0.05, 0.1) is 16.6 Å². The molecule has 142 valence electrons. The van der Waals surface area contributed by atoms with E-state index in [2.05, 4.69) is 25.5 Å². The third-order valence-electron chi connectivity index (χ3n) is 4.83. The number of nitrogens with zero attached hydrogens (tertiary/aromatic N) is 4. The first-order valence-corrected chi connectivity index (χ1v) is 9.05. The van der Waals surface area contributed by atoms with Crippen molar-refractivity contribution < 1.29 is 13.6 Å². The van der Waals surface area contributed by atoms with Crippen molar-refractivity contribution in [2.45, 2.75) is 25.2 Å². The third kappa shape index (κ3) is 2.98. The molecule has 4 aromatic rings. The number of carbonyl (C=O) groups is 1. The fourth-order valence-electron chi connectivity index (χ4n) is 3.31. The molecule has 3 aromatic heterocycles. The molecule has 0 aliphatic heterocycles. The SMILES string of the molecule is O=C(NCCc1nc2ccc(F)cc2[nH]1)c1cc(F)cn2c(C3CC3)nnc12. The van der Waals surface area contributed by atoms with Crippen LogP contribution in [0.2, 0.25) is 0 Å². The molecule has 9 heteroatoms. The van der Waals surface area contributed by atoms with E-state index < -0.39 is 11.7 Å². The summed E-state index contributed by atoms with van der Waals surface area (Å²) in [6.07, 6.45) is 3.74. The van der Waals surface area contributed by atoms with Crippen LogP contribution in [0.15, 0.2) is 30.5 Å². The van der Waals surface area contributed by atoms with Crippen LogP contribution < -0.4 is 5.32 Å². The van der Waals surface area contributed by atoms with Gasteiger partial charge in [0.25, 0.3) is 5.91 Å². The second kappa shape index (κ2) is 6.36. The summed E-state index contributed by atoms with van der Waals surface area (Å²) in [4.78, 5) is 20.0. The number of amides is 1. The van der Waals surface area contributed by atoms with Gasteiger partial charge in [-0.05, 0) is 37.1 Å². The second-order valence-electron chi connectivity index (χ2n) is 6.95. The smallest absolute Gasteiger partial charge is 0.255 e. The number of aromatic amines is 1. The van der Waals surface area contributed by atoms with Crippen LogP contribution in [0.1, 0.15) is 40.8 Å². The number of halogens is 2. The van der Waals surface area contributed by atoms with Crippen LogP contribution in [-0.2, 0) is 6.42 Å². The Morgan fingerprint density at radius 1 is 1.21 bits per heavy atom. The summed E-state index contributed by atoms with van der Waals surface area (Å²) in [5.74, 6) is 0.317. The predicted octanol–water partition coefficient (Wildman–Crippen LogP) is 2.73. The van der Waals surface area contributed by atoms with Gasteiger partial charge in [0.1, 0.15) is 23.3 Å². The molecule has 1 aliphatic rings. The molecule has 0 radical (unpaired) electrons. The maximum Gasteiger partial charge on any atom is 0.255 e. The van der Waals surface area contributed by atoms with Crippen molar-refractivity contribution in [3.63, 3.8) is 0 Å². The Balaban J connectivity index is 1.32. The molecule has 28 heavy (non-hydrogen) atoms. The van der Waals surface area contributed by atoms with Gasteiger partial charge in [0, 0.05) is 25.1 Å². The van der Waals surface area contributed by atoms with Gasteiger partial charge < -0.3 is 10.3 Å². The topological polar surface area (TPSA) is 88.0 Å². The summed E-state index contributed by atoms with van der Waals surface area (Å²) in [5, 5.41) is 11.0. The lowest BCUT2D eigenvalue weighted by atomic mass is 10.2. The number of H-pyrrole nitrogens is 1. The van der Waals surface area contributed by atoms with Crippen molar-refractivity contribution in [2.24, 2.45) is 0 Å². The fraction of sp³-hybridized carbons (Fsp3) is 0.263. The summed E-state index contributed by atoms with van der Waals surface area (Å²) in [5.41, 5.74) is 1.75. The fourth-order valence-corrected chi connectivity index (χ4v) is 3.31. The van der Waals surface area contributed by atoms with E-state index in [1.807, 2.05) is 0 Å². The molecule has 7 nitrogen and oxygen atoms in total. The van der Waals surface area contributed by atoms with Crippen molar-refractivity contribution in [1.82, 2.24) is 29.9 Å². The second-order valence-corrected chi connectivity index (χ2v) is 6.95. The van der Waals surface area contributed by atoms with Crippen LogP contribution in [0, 0.1) is 11.6 Å². The average Bonchev–Trinajstić information content (AvgIpc) is 3.29. The highest BCUT2D eigenvalue weighted by Crippen LogP contribution is 2.39. The molecule has 0 spiro atoms. The summed E-state index contributed by atoms with van der Waals surface area (Å²) in [6.45, 7) is 0.285. The zero-order chi connectivity index (χ0) is 19.3. The highest BCUT2D eigenvalue weighted by Gasteiger charge is 2.30. The molecule has 0 bridgehead atoms. The Labute approximate surface area is 157 Å². The lowest BCUT2D eigenvalue weighted by molar-refractivity contribution is 0.0954. The van der Waals surface area contributed by atoms with Gasteiger partial charge in [-0.1, -0.05) is 0 Å². The van der Waals surface area contributed by atoms with Crippen LogP contribution in [0.25, 0.3) is 16.7 Å². The minimum atomic E-state index is -0.515. The zero-order valence-electron chi connectivity index (χ0n) is 14.7. The summed E-state index contributed by atoms with van der Waals surface area (Å²) in [6, 6.07) is 5.48. The van der Waals surface area contributed by atoms with E-state index >= 15 is 0 Å². The van der Waals surface area contributed by atoms with Gasteiger partial charge in [-0.2, -0.15) is 0 Å². The summed E-state index contributed by atoms with van der Waals surface area (Å²) >= 11 is 0. The van der Waals surface area contributed by atoms with Gasteiger partial charge in [-0.25, -0.2) is 13.8 Å². The minimum Gasteiger partial charge on any atom is -0.351 e. The molecule has 5 rings (SSSR count). The van der Waals surface area contributed by atoms with E-state index in [0.717, 1.165) is 12.8 Å². The first-order chi connectivity index (χ1) is 13.6. The van der Waals surface area contributed by atoms with Crippen LogP contribution in [0.4, 0.5) is 8.78 Å². The zero-order valence-corrected chi connectivity index (χ0v) is 14.7. The van der Waals surface area contributed by atoms with Gasteiger partial charge >= 0.3 is 0 Å². The number of benzene rings is 1. The van der Waals surface area contributed by atoms with Crippen molar-refractivity contribution >= 4 is 22.6 Å².